The molecule has 0 saturated carbocycles. The fourth-order valence-electron chi connectivity index (χ4n) is 3.21. The first-order valence-electron chi connectivity index (χ1n) is 8.63. The molecule has 0 unspecified atom stereocenters. The number of nitro benzene ring substituents is 1. The van der Waals surface area contributed by atoms with E-state index in [1.165, 1.54) is 6.07 Å². The number of amides is 1. The zero-order valence-electron chi connectivity index (χ0n) is 14.7. The fraction of sp³-hybridized carbons (Fsp3) is 0.316. The number of halogens is 1. The first-order chi connectivity index (χ1) is 13.0. The lowest BCUT2D eigenvalue weighted by atomic mass is 10.1. The van der Waals surface area contributed by atoms with Crippen molar-refractivity contribution >= 4 is 28.9 Å². The molecule has 8 heteroatoms. The van der Waals surface area contributed by atoms with Crippen LogP contribution in [-0.2, 0) is 17.8 Å². The van der Waals surface area contributed by atoms with E-state index in [1.54, 1.807) is 29.2 Å². The summed E-state index contributed by atoms with van der Waals surface area (Å²) in [6.45, 7) is 1.79. The van der Waals surface area contributed by atoms with Crippen LogP contribution in [0, 0.1) is 10.1 Å². The van der Waals surface area contributed by atoms with Crippen LogP contribution in [0.1, 0.15) is 11.1 Å². The summed E-state index contributed by atoms with van der Waals surface area (Å²) in [4.78, 5) is 27.1. The SMILES string of the molecule is O=C(Cc1cccc(Cl)c1)N1CCN(c2cc(CO)ccc2[N+](=O)[O-])CC1. The van der Waals surface area contributed by atoms with E-state index >= 15 is 0 Å². The summed E-state index contributed by atoms with van der Waals surface area (Å²) in [5.41, 5.74) is 1.97. The van der Waals surface area contributed by atoms with Crippen LogP contribution in [0.4, 0.5) is 11.4 Å². The van der Waals surface area contributed by atoms with Gasteiger partial charge in [0, 0.05) is 37.3 Å². The summed E-state index contributed by atoms with van der Waals surface area (Å²) < 4.78 is 0. The number of carbonyl (C=O) groups is 1. The quantitative estimate of drug-likeness (QED) is 0.627. The van der Waals surface area contributed by atoms with E-state index in [0.29, 0.717) is 42.5 Å². The van der Waals surface area contributed by atoms with E-state index < -0.39 is 4.92 Å². The van der Waals surface area contributed by atoms with Crippen molar-refractivity contribution in [2.45, 2.75) is 13.0 Å². The third kappa shape index (κ3) is 4.56. The van der Waals surface area contributed by atoms with Crippen molar-refractivity contribution in [1.29, 1.82) is 0 Å². The molecule has 0 aromatic heterocycles. The Hall–Kier alpha value is -2.64. The lowest BCUT2D eigenvalue weighted by Crippen LogP contribution is -2.49. The maximum atomic E-state index is 12.5. The molecule has 1 saturated heterocycles. The largest absolute Gasteiger partial charge is 0.392 e. The van der Waals surface area contributed by atoms with Gasteiger partial charge in [0.2, 0.25) is 5.91 Å². The van der Waals surface area contributed by atoms with Gasteiger partial charge in [-0.15, -0.1) is 0 Å². The molecule has 1 heterocycles. The van der Waals surface area contributed by atoms with Gasteiger partial charge >= 0.3 is 0 Å². The third-order valence-electron chi connectivity index (χ3n) is 4.64. The Morgan fingerprint density at radius 2 is 1.85 bits per heavy atom. The van der Waals surface area contributed by atoms with Gasteiger partial charge < -0.3 is 14.9 Å². The van der Waals surface area contributed by atoms with E-state index in [9.17, 15) is 20.0 Å². The van der Waals surface area contributed by atoms with E-state index in [0.717, 1.165) is 5.56 Å². The molecule has 1 amide bonds. The van der Waals surface area contributed by atoms with Crippen molar-refractivity contribution in [3.8, 4) is 0 Å². The zero-order valence-corrected chi connectivity index (χ0v) is 15.4. The molecule has 1 N–H and O–H groups in total. The highest BCUT2D eigenvalue weighted by molar-refractivity contribution is 6.30. The number of benzene rings is 2. The number of hydrogen-bond acceptors (Lipinski definition) is 5. The van der Waals surface area contributed by atoms with Gasteiger partial charge in [-0.25, -0.2) is 0 Å². The van der Waals surface area contributed by atoms with Crippen LogP contribution in [0.15, 0.2) is 42.5 Å². The summed E-state index contributed by atoms with van der Waals surface area (Å²) >= 11 is 5.96. The molecule has 142 valence electrons. The van der Waals surface area contributed by atoms with Gasteiger partial charge in [-0.1, -0.05) is 23.7 Å². The topological polar surface area (TPSA) is 86.9 Å². The predicted molar refractivity (Wildman–Crippen MR) is 103 cm³/mol. The van der Waals surface area contributed by atoms with Crippen molar-refractivity contribution in [3.63, 3.8) is 0 Å². The van der Waals surface area contributed by atoms with Crippen LogP contribution in [0.25, 0.3) is 0 Å². The van der Waals surface area contributed by atoms with Crippen LogP contribution in [0.5, 0.6) is 0 Å². The third-order valence-corrected chi connectivity index (χ3v) is 4.87. The Bertz CT molecular complexity index is 851. The molecule has 2 aromatic rings. The first kappa shape index (κ1) is 19.1. The Morgan fingerprint density at radius 3 is 2.48 bits per heavy atom. The number of piperazine rings is 1. The highest BCUT2D eigenvalue weighted by atomic mass is 35.5. The second-order valence-electron chi connectivity index (χ2n) is 6.41. The van der Waals surface area contributed by atoms with Gasteiger partial charge in [-0.2, -0.15) is 0 Å². The average Bonchev–Trinajstić information content (AvgIpc) is 2.67. The van der Waals surface area contributed by atoms with Crippen LogP contribution in [-0.4, -0.2) is 47.0 Å². The lowest BCUT2D eigenvalue weighted by molar-refractivity contribution is -0.384. The predicted octanol–water partition coefficient (Wildman–Crippen LogP) is 2.63. The van der Waals surface area contributed by atoms with Crippen molar-refractivity contribution < 1.29 is 14.8 Å². The van der Waals surface area contributed by atoms with Crippen LogP contribution >= 0.6 is 11.6 Å². The molecule has 0 radical (unpaired) electrons. The highest BCUT2D eigenvalue weighted by Gasteiger charge is 2.26. The van der Waals surface area contributed by atoms with Gasteiger partial charge in [-0.3, -0.25) is 14.9 Å². The molecule has 0 aliphatic carbocycles. The van der Waals surface area contributed by atoms with Crippen LogP contribution in [0.3, 0.4) is 0 Å². The van der Waals surface area contributed by atoms with Gasteiger partial charge in [0.15, 0.2) is 0 Å². The number of aliphatic hydroxyl groups excluding tert-OH is 1. The fourth-order valence-corrected chi connectivity index (χ4v) is 3.42. The van der Waals surface area contributed by atoms with E-state index in [2.05, 4.69) is 0 Å². The molecular weight excluding hydrogens is 370 g/mol. The second-order valence-corrected chi connectivity index (χ2v) is 6.85. The summed E-state index contributed by atoms with van der Waals surface area (Å²) in [5.74, 6) is 0.00975. The molecule has 2 aromatic carbocycles. The summed E-state index contributed by atoms with van der Waals surface area (Å²) in [6, 6.07) is 11.8. The van der Waals surface area contributed by atoms with Gasteiger partial charge in [-0.05, 0) is 35.4 Å². The monoisotopic (exact) mass is 389 g/mol. The van der Waals surface area contributed by atoms with Crippen LogP contribution < -0.4 is 4.90 Å². The first-order valence-corrected chi connectivity index (χ1v) is 9.01. The minimum absolute atomic E-state index is 0.00547. The molecule has 27 heavy (non-hydrogen) atoms. The Morgan fingerprint density at radius 1 is 1.11 bits per heavy atom. The minimum atomic E-state index is -0.423. The summed E-state index contributed by atoms with van der Waals surface area (Å²) in [7, 11) is 0. The van der Waals surface area contributed by atoms with Gasteiger partial charge in [0.1, 0.15) is 5.69 Å². The molecule has 7 nitrogen and oxygen atoms in total. The molecular formula is C19H20ClN3O4. The minimum Gasteiger partial charge on any atom is -0.392 e. The Kier molecular flexibility index (Phi) is 5.93. The van der Waals surface area contributed by atoms with Gasteiger partial charge in [0.05, 0.1) is 18.0 Å². The van der Waals surface area contributed by atoms with E-state index in [-0.39, 0.29) is 24.6 Å². The smallest absolute Gasteiger partial charge is 0.292 e. The zero-order chi connectivity index (χ0) is 19.4. The number of hydrogen-bond donors (Lipinski definition) is 1. The second kappa shape index (κ2) is 8.37. The number of anilines is 1. The number of nitrogens with zero attached hydrogens (tertiary/aromatic N) is 3. The number of aliphatic hydroxyl groups is 1. The van der Waals surface area contributed by atoms with Crippen molar-refractivity contribution in [1.82, 2.24) is 4.90 Å². The Balaban J connectivity index is 1.66. The average molecular weight is 390 g/mol. The molecule has 1 aliphatic rings. The Labute approximate surface area is 161 Å². The molecule has 0 spiro atoms. The normalized spacial score (nSPS) is 14.3. The van der Waals surface area contributed by atoms with Crippen molar-refractivity contribution in [3.05, 3.63) is 68.7 Å². The number of carbonyl (C=O) groups excluding carboxylic acids is 1. The van der Waals surface area contributed by atoms with Crippen LogP contribution in [0.2, 0.25) is 5.02 Å². The van der Waals surface area contributed by atoms with Crippen molar-refractivity contribution in [2.24, 2.45) is 0 Å². The number of nitro groups is 1. The molecule has 1 aliphatic heterocycles. The maximum Gasteiger partial charge on any atom is 0.292 e. The molecule has 3 rings (SSSR count). The molecule has 0 atom stereocenters. The summed E-state index contributed by atoms with van der Waals surface area (Å²) in [6.07, 6.45) is 0.278. The highest BCUT2D eigenvalue weighted by Crippen LogP contribution is 2.30. The van der Waals surface area contributed by atoms with Crippen molar-refractivity contribution in [2.75, 3.05) is 31.1 Å². The van der Waals surface area contributed by atoms with E-state index in [4.69, 9.17) is 11.6 Å². The molecule has 0 bridgehead atoms. The summed E-state index contributed by atoms with van der Waals surface area (Å²) in [5, 5.41) is 21.2. The molecule has 1 fully saturated rings. The van der Waals surface area contributed by atoms with Gasteiger partial charge in [0.25, 0.3) is 5.69 Å². The van der Waals surface area contributed by atoms with E-state index in [1.807, 2.05) is 17.0 Å². The number of rotatable bonds is 5. The standard InChI is InChI=1S/C19H20ClN3O4/c20-16-3-1-2-14(10-16)12-19(25)22-8-6-21(7-9-22)18-11-15(13-24)4-5-17(18)23(26)27/h1-5,10-11,24H,6-9,12-13H2. The maximum absolute atomic E-state index is 12.5. The lowest BCUT2D eigenvalue weighted by Gasteiger charge is -2.36.